The summed E-state index contributed by atoms with van der Waals surface area (Å²) >= 11 is 0. The third kappa shape index (κ3) is 5.25. The van der Waals surface area contributed by atoms with Gasteiger partial charge in [0.25, 0.3) is 0 Å². The molecule has 0 aliphatic carbocycles. The monoisotopic (exact) mass is 284 g/mol. The zero-order valence-electron chi connectivity index (χ0n) is 11.7. The highest BCUT2D eigenvalue weighted by atomic mass is 19.1. The van der Waals surface area contributed by atoms with Crippen LogP contribution in [-0.4, -0.2) is 13.2 Å². The quantitative estimate of drug-likeness (QED) is 0.795. The molecule has 0 aliphatic rings. The Kier molecular flexibility index (Phi) is 5.74. The molecule has 0 bridgehead atoms. The number of halogens is 1. The average molecular weight is 284 g/mol. The Morgan fingerprint density at radius 1 is 1.10 bits per heavy atom. The summed E-state index contributed by atoms with van der Waals surface area (Å²) in [7, 11) is 0. The number of hydrogen-bond donors (Lipinski definition) is 1. The summed E-state index contributed by atoms with van der Waals surface area (Å²) in [6, 6.07) is 16.2. The lowest BCUT2D eigenvalue weighted by Gasteiger charge is -2.07. The molecule has 0 fully saturated rings. The van der Waals surface area contributed by atoms with Crippen molar-refractivity contribution >= 4 is 0 Å². The second-order valence-corrected chi connectivity index (χ2v) is 4.65. The molecular weight excluding hydrogens is 267 g/mol. The van der Waals surface area contributed by atoms with Crippen LogP contribution in [0.2, 0.25) is 0 Å². The van der Waals surface area contributed by atoms with Crippen LogP contribution in [0, 0.1) is 17.1 Å². The lowest BCUT2D eigenvalue weighted by Crippen LogP contribution is -2.16. The molecule has 0 aromatic heterocycles. The summed E-state index contributed by atoms with van der Waals surface area (Å²) in [6.45, 7) is 1.59. The maximum atomic E-state index is 13.0. The van der Waals surface area contributed by atoms with Crippen molar-refractivity contribution in [3.8, 4) is 11.8 Å². The minimum Gasteiger partial charge on any atom is -0.479 e. The Labute approximate surface area is 124 Å². The molecular formula is C17H17FN2O. The maximum Gasteiger partial charge on any atom is 0.174 e. The van der Waals surface area contributed by atoms with E-state index in [0.29, 0.717) is 5.75 Å². The van der Waals surface area contributed by atoms with Gasteiger partial charge in [-0.1, -0.05) is 24.3 Å². The van der Waals surface area contributed by atoms with E-state index in [9.17, 15) is 4.39 Å². The smallest absolute Gasteiger partial charge is 0.174 e. The maximum absolute atomic E-state index is 13.0. The first-order valence-electron chi connectivity index (χ1n) is 6.82. The van der Waals surface area contributed by atoms with Crippen LogP contribution < -0.4 is 10.1 Å². The van der Waals surface area contributed by atoms with Crippen LogP contribution >= 0.6 is 0 Å². The highest BCUT2D eigenvalue weighted by Gasteiger charge is 1.97. The van der Waals surface area contributed by atoms with Crippen LogP contribution in [0.3, 0.4) is 0 Å². The first-order valence-corrected chi connectivity index (χ1v) is 6.82. The SMILES string of the molecule is N#CCOc1ccc(CNCCc2cccc(F)c2)cc1. The molecule has 108 valence electrons. The van der Waals surface area contributed by atoms with E-state index in [-0.39, 0.29) is 12.4 Å². The van der Waals surface area contributed by atoms with Crippen LogP contribution in [0.1, 0.15) is 11.1 Å². The number of nitrogens with zero attached hydrogens (tertiary/aromatic N) is 1. The molecule has 2 aromatic rings. The molecule has 0 heterocycles. The van der Waals surface area contributed by atoms with Gasteiger partial charge in [-0.2, -0.15) is 5.26 Å². The summed E-state index contributed by atoms with van der Waals surface area (Å²) in [5.41, 5.74) is 2.13. The second-order valence-electron chi connectivity index (χ2n) is 4.65. The summed E-state index contributed by atoms with van der Waals surface area (Å²) in [5.74, 6) is 0.500. The van der Waals surface area contributed by atoms with Gasteiger partial charge in [0.2, 0.25) is 0 Å². The minimum atomic E-state index is -0.194. The van der Waals surface area contributed by atoms with Gasteiger partial charge in [0, 0.05) is 6.54 Å². The zero-order valence-corrected chi connectivity index (χ0v) is 11.7. The number of hydrogen-bond acceptors (Lipinski definition) is 3. The zero-order chi connectivity index (χ0) is 14.9. The summed E-state index contributed by atoms with van der Waals surface area (Å²) in [4.78, 5) is 0. The van der Waals surface area contributed by atoms with Gasteiger partial charge in [-0.15, -0.1) is 0 Å². The second kappa shape index (κ2) is 8.03. The molecule has 0 saturated heterocycles. The van der Waals surface area contributed by atoms with Crippen molar-refractivity contribution in [3.05, 3.63) is 65.5 Å². The molecule has 0 unspecified atom stereocenters. The van der Waals surface area contributed by atoms with Crippen molar-refractivity contribution in [2.24, 2.45) is 0 Å². The molecule has 0 saturated carbocycles. The molecule has 0 radical (unpaired) electrons. The summed E-state index contributed by atoms with van der Waals surface area (Å²) in [6.07, 6.45) is 0.793. The van der Waals surface area contributed by atoms with Crippen molar-refractivity contribution < 1.29 is 9.13 Å². The first-order chi connectivity index (χ1) is 10.3. The van der Waals surface area contributed by atoms with E-state index in [1.807, 2.05) is 36.4 Å². The van der Waals surface area contributed by atoms with E-state index in [2.05, 4.69) is 5.32 Å². The highest BCUT2D eigenvalue weighted by Crippen LogP contribution is 2.11. The number of ether oxygens (including phenoxy) is 1. The van der Waals surface area contributed by atoms with Crippen molar-refractivity contribution in [2.75, 3.05) is 13.2 Å². The van der Waals surface area contributed by atoms with Crippen LogP contribution in [0.25, 0.3) is 0 Å². The van der Waals surface area contributed by atoms with E-state index in [0.717, 1.165) is 30.6 Å². The van der Waals surface area contributed by atoms with Crippen LogP contribution in [0.4, 0.5) is 4.39 Å². The average Bonchev–Trinajstić information content (AvgIpc) is 2.51. The fraction of sp³-hybridized carbons (Fsp3) is 0.235. The minimum absolute atomic E-state index is 0.0607. The Balaban J connectivity index is 1.72. The molecule has 1 N–H and O–H groups in total. The first kappa shape index (κ1) is 15.0. The van der Waals surface area contributed by atoms with Crippen molar-refractivity contribution in [3.63, 3.8) is 0 Å². The molecule has 2 rings (SSSR count). The molecule has 3 nitrogen and oxygen atoms in total. The highest BCUT2D eigenvalue weighted by molar-refractivity contribution is 5.27. The van der Waals surface area contributed by atoms with E-state index in [1.165, 1.54) is 6.07 Å². The summed E-state index contributed by atoms with van der Waals surface area (Å²) in [5, 5.41) is 11.7. The van der Waals surface area contributed by atoms with Crippen molar-refractivity contribution in [1.82, 2.24) is 5.32 Å². The molecule has 0 amide bonds. The third-order valence-electron chi connectivity index (χ3n) is 3.04. The van der Waals surface area contributed by atoms with Gasteiger partial charge in [0.1, 0.15) is 17.6 Å². The van der Waals surface area contributed by atoms with Gasteiger partial charge in [-0.3, -0.25) is 0 Å². The molecule has 0 spiro atoms. The van der Waals surface area contributed by atoms with Gasteiger partial charge in [0.05, 0.1) is 0 Å². The van der Waals surface area contributed by atoms with E-state index >= 15 is 0 Å². The van der Waals surface area contributed by atoms with E-state index in [4.69, 9.17) is 10.00 Å². The summed E-state index contributed by atoms with van der Waals surface area (Å²) < 4.78 is 18.2. The van der Waals surface area contributed by atoms with Gasteiger partial charge >= 0.3 is 0 Å². The van der Waals surface area contributed by atoms with Gasteiger partial charge in [-0.05, 0) is 48.4 Å². The molecule has 2 aromatic carbocycles. The normalized spacial score (nSPS) is 10.1. The fourth-order valence-electron chi connectivity index (χ4n) is 1.98. The number of benzene rings is 2. The number of nitrogens with one attached hydrogen (secondary N) is 1. The Morgan fingerprint density at radius 3 is 2.62 bits per heavy atom. The predicted octanol–water partition coefficient (Wildman–Crippen LogP) is 3.06. The number of rotatable bonds is 7. The lowest BCUT2D eigenvalue weighted by atomic mass is 10.1. The van der Waals surface area contributed by atoms with E-state index < -0.39 is 0 Å². The van der Waals surface area contributed by atoms with Gasteiger partial charge < -0.3 is 10.1 Å². The Hall–Kier alpha value is -2.38. The van der Waals surface area contributed by atoms with Crippen molar-refractivity contribution in [2.45, 2.75) is 13.0 Å². The Morgan fingerprint density at radius 2 is 1.90 bits per heavy atom. The van der Waals surface area contributed by atoms with Crippen LogP contribution in [0.5, 0.6) is 5.75 Å². The van der Waals surface area contributed by atoms with Gasteiger partial charge in [0.15, 0.2) is 6.61 Å². The molecule has 0 aliphatic heterocycles. The van der Waals surface area contributed by atoms with Crippen LogP contribution in [-0.2, 0) is 13.0 Å². The van der Waals surface area contributed by atoms with Crippen molar-refractivity contribution in [1.29, 1.82) is 5.26 Å². The number of nitriles is 1. The van der Waals surface area contributed by atoms with Crippen LogP contribution in [0.15, 0.2) is 48.5 Å². The lowest BCUT2D eigenvalue weighted by molar-refractivity contribution is 0.368. The largest absolute Gasteiger partial charge is 0.479 e. The topological polar surface area (TPSA) is 45.0 Å². The van der Waals surface area contributed by atoms with Gasteiger partial charge in [-0.25, -0.2) is 4.39 Å². The molecule has 0 atom stereocenters. The molecule has 4 heteroatoms. The fourth-order valence-corrected chi connectivity index (χ4v) is 1.98. The Bertz CT molecular complexity index is 605. The molecule has 21 heavy (non-hydrogen) atoms. The third-order valence-corrected chi connectivity index (χ3v) is 3.04. The standard InChI is InChI=1S/C17H17FN2O/c18-16-3-1-2-14(12-16)8-10-20-13-15-4-6-17(7-5-15)21-11-9-19/h1-7,12,20H,8,10-11,13H2. The predicted molar refractivity (Wildman–Crippen MR) is 79.4 cm³/mol. The van der Waals surface area contributed by atoms with E-state index in [1.54, 1.807) is 12.1 Å².